The standard InChI is InChI=1S/C15H24BN3O3/c1-14(2)15(3,4)22-16(21-14)11-5-17-19(6-11)12-7-18(8-12)13-9-20-10-13/h5-6,12-13H,7-10H2,1-4H3. The summed E-state index contributed by atoms with van der Waals surface area (Å²) in [4.78, 5) is 2.46. The molecule has 3 aliphatic rings. The van der Waals surface area contributed by atoms with Crippen molar-refractivity contribution in [1.82, 2.24) is 14.7 Å². The van der Waals surface area contributed by atoms with Gasteiger partial charge in [0, 0.05) is 30.9 Å². The second-order valence-electron chi connectivity index (χ2n) is 7.64. The van der Waals surface area contributed by atoms with Crippen LogP contribution in [0.1, 0.15) is 33.7 Å². The van der Waals surface area contributed by atoms with Crippen LogP contribution in [-0.2, 0) is 14.0 Å². The minimum Gasteiger partial charge on any atom is -0.399 e. The monoisotopic (exact) mass is 305 g/mol. The molecule has 0 bridgehead atoms. The van der Waals surface area contributed by atoms with Gasteiger partial charge in [-0.15, -0.1) is 0 Å². The number of nitrogens with zero attached hydrogens (tertiary/aromatic N) is 3. The smallest absolute Gasteiger partial charge is 0.399 e. The van der Waals surface area contributed by atoms with Crippen molar-refractivity contribution in [3.8, 4) is 0 Å². The zero-order chi connectivity index (χ0) is 15.5. The molecule has 0 radical (unpaired) electrons. The highest BCUT2D eigenvalue weighted by Crippen LogP contribution is 2.36. The highest BCUT2D eigenvalue weighted by molar-refractivity contribution is 6.62. The van der Waals surface area contributed by atoms with Crippen LogP contribution in [0.15, 0.2) is 12.4 Å². The van der Waals surface area contributed by atoms with Crippen LogP contribution in [0, 0.1) is 0 Å². The van der Waals surface area contributed by atoms with Crippen LogP contribution in [-0.4, -0.2) is 65.3 Å². The summed E-state index contributed by atoms with van der Waals surface area (Å²) in [6, 6.07) is 1.08. The van der Waals surface area contributed by atoms with E-state index >= 15 is 0 Å². The molecule has 0 unspecified atom stereocenters. The van der Waals surface area contributed by atoms with Crippen molar-refractivity contribution < 1.29 is 14.0 Å². The third-order valence-corrected chi connectivity index (χ3v) is 5.55. The van der Waals surface area contributed by atoms with Gasteiger partial charge in [0.05, 0.1) is 36.5 Å². The van der Waals surface area contributed by atoms with Gasteiger partial charge in [0.25, 0.3) is 0 Å². The first-order valence-electron chi connectivity index (χ1n) is 8.07. The summed E-state index contributed by atoms with van der Waals surface area (Å²) in [5.41, 5.74) is 0.387. The van der Waals surface area contributed by atoms with Crippen molar-refractivity contribution in [1.29, 1.82) is 0 Å². The van der Waals surface area contributed by atoms with E-state index in [0.717, 1.165) is 31.8 Å². The Morgan fingerprint density at radius 2 is 1.73 bits per heavy atom. The van der Waals surface area contributed by atoms with Gasteiger partial charge < -0.3 is 14.0 Å². The highest BCUT2D eigenvalue weighted by Gasteiger charge is 2.52. The molecule has 3 fully saturated rings. The fourth-order valence-corrected chi connectivity index (χ4v) is 3.04. The number of hydrogen-bond donors (Lipinski definition) is 0. The first-order valence-corrected chi connectivity index (χ1v) is 8.07. The third-order valence-electron chi connectivity index (χ3n) is 5.55. The van der Waals surface area contributed by atoms with Gasteiger partial charge in [-0.2, -0.15) is 5.10 Å². The second kappa shape index (κ2) is 4.80. The van der Waals surface area contributed by atoms with Crippen molar-refractivity contribution in [3.63, 3.8) is 0 Å². The number of aromatic nitrogens is 2. The molecule has 1 aromatic rings. The molecule has 7 heteroatoms. The van der Waals surface area contributed by atoms with E-state index in [2.05, 4.69) is 48.6 Å². The summed E-state index contributed by atoms with van der Waals surface area (Å²) >= 11 is 0. The summed E-state index contributed by atoms with van der Waals surface area (Å²) in [6.07, 6.45) is 3.94. The quantitative estimate of drug-likeness (QED) is 0.758. The predicted octanol–water partition coefficient (Wildman–Crippen LogP) is 0.438. The lowest BCUT2D eigenvalue weighted by Gasteiger charge is -2.47. The minimum absolute atomic E-state index is 0.308. The molecule has 0 aliphatic carbocycles. The van der Waals surface area contributed by atoms with Crippen LogP contribution in [0.2, 0.25) is 0 Å². The number of ether oxygens (including phenoxy) is 1. The molecular formula is C15H24BN3O3. The minimum atomic E-state index is -0.324. The second-order valence-corrected chi connectivity index (χ2v) is 7.64. The molecule has 4 heterocycles. The third kappa shape index (κ3) is 2.22. The molecule has 0 saturated carbocycles. The fourth-order valence-electron chi connectivity index (χ4n) is 3.04. The van der Waals surface area contributed by atoms with Crippen molar-refractivity contribution >= 4 is 12.6 Å². The van der Waals surface area contributed by atoms with E-state index < -0.39 is 0 Å². The van der Waals surface area contributed by atoms with Crippen LogP contribution in [0.25, 0.3) is 0 Å². The molecule has 0 atom stereocenters. The van der Waals surface area contributed by atoms with E-state index in [1.54, 1.807) is 0 Å². The zero-order valence-electron chi connectivity index (χ0n) is 13.8. The van der Waals surface area contributed by atoms with Crippen LogP contribution in [0.4, 0.5) is 0 Å². The van der Waals surface area contributed by atoms with E-state index in [9.17, 15) is 0 Å². The number of rotatable bonds is 3. The zero-order valence-corrected chi connectivity index (χ0v) is 13.8. The molecule has 0 spiro atoms. The summed E-state index contributed by atoms with van der Waals surface area (Å²) in [5, 5.41) is 4.51. The van der Waals surface area contributed by atoms with Gasteiger partial charge in [0.2, 0.25) is 0 Å². The lowest BCUT2D eigenvalue weighted by molar-refractivity contribution is -0.0997. The Morgan fingerprint density at radius 1 is 1.09 bits per heavy atom. The topological polar surface area (TPSA) is 48.8 Å². The Balaban J connectivity index is 1.40. The molecule has 6 nitrogen and oxygen atoms in total. The van der Waals surface area contributed by atoms with E-state index in [1.165, 1.54) is 0 Å². The van der Waals surface area contributed by atoms with Crippen LogP contribution < -0.4 is 5.46 Å². The molecule has 0 N–H and O–H groups in total. The van der Waals surface area contributed by atoms with Gasteiger partial charge in [-0.1, -0.05) is 0 Å². The molecule has 120 valence electrons. The Labute approximate surface area is 131 Å². The SMILES string of the molecule is CC1(C)OB(c2cnn(C3CN(C4COC4)C3)c2)OC1(C)C. The number of hydrogen-bond acceptors (Lipinski definition) is 5. The molecule has 3 saturated heterocycles. The average molecular weight is 305 g/mol. The largest absolute Gasteiger partial charge is 0.498 e. The maximum absolute atomic E-state index is 6.08. The van der Waals surface area contributed by atoms with Crippen LogP contribution in [0.3, 0.4) is 0 Å². The van der Waals surface area contributed by atoms with Crippen LogP contribution >= 0.6 is 0 Å². The summed E-state index contributed by atoms with van der Waals surface area (Å²) in [7, 11) is -0.324. The van der Waals surface area contributed by atoms with Crippen LogP contribution in [0.5, 0.6) is 0 Å². The van der Waals surface area contributed by atoms with E-state index in [0.29, 0.717) is 12.1 Å². The predicted molar refractivity (Wildman–Crippen MR) is 83.2 cm³/mol. The van der Waals surface area contributed by atoms with Gasteiger partial charge in [-0.05, 0) is 27.7 Å². The lowest BCUT2D eigenvalue weighted by Crippen LogP contribution is -2.59. The Bertz CT molecular complexity index is 548. The van der Waals surface area contributed by atoms with E-state index in [-0.39, 0.29) is 18.3 Å². The Morgan fingerprint density at radius 3 is 2.27 bits per heavy atom. The van der Waals surface area contributed by atoms with Gasteiger partial charge in [0.1, 0.15) is 0 Å². The number of likely N-dealkylation sites (tertiary alicyclic amines) is 1. The maximum atomic E-state index is 6.08. The van der Waals surface area contributed by atoms with Crippen molar-refractivity contribution in [2.75, 3.05) is 26.3 Å². The Hall–Kier alpha value is -0.885. The molecular weight excluding hydrogens is 281 g/mol. The molecule has 0 amide bonds. The highest BCUT2D eigenvalue weighted by atomic mass is 16.7. The summed E-state index contributed by atoms with van der Waals surface area (Å²) in [6.45, 7) is 12.2. The normalized spacial score (nSPS) is 28.6. The van der Waals surface area contributed by atoms with Gasteiger partial charge in [0.15, 0.2) is 0 Å². The molecule has 4 rings (SSSR count). The first kappa shape index (κ1) is 14.7. The van der Waals surface area contributed by atoms with Crippen molar-refractivity contribution in [2.45, 2.75) is 51.0 Å². The lowest BCUT2D eigenvalue weighted by atomic mass is 9.82. The van der Waals surface area contributed by atoms with E-state index in [1.807, 2.05) is 6.20 Å². The van der Waals surface area contributed by atoms with Gasteiger partial charge in [-0.3, -0.25) is 9.58 Å². The van der Waals surface area contributed by atoms with Gasteiger partial charge in [-0.25, -0.2) is 0 Å². The van der Waals surface area contributed by atoms with Crippen molar-refractivity contribution in [3.05, 3.63) is 12.4 Å². The summed E-state index contributed by atoms with van der Waals surface area (Å²) in [5.74, 6) is 0. The first-order chi connectivity index (χ1) is 10.4. The molecule has 22 heavy (non-hydrogen) atoms. The van der Waals surface area contributed by atoms with Crippen molar-refractivity contribution in [2.24, 2.45) is 0 Å². The molecule has 0 aromatic carbocycles. The maximum Gasteiger partial charge on any atom is 0.498 e. The fraction of sp³-hybridized carbons (Fsp3) is 0.800. The molecule has 3 aliphatic heterocycles. The average Bonchev–Trinajstić information content (AvgIpc) is 2.84. The van der Waals surface area contributed by atoms with E-state index in [4.69, 9.17) is 14.0 Å². The van der Waals surface area contributed by atoms with Gasteiger partial charge >= 0.3 is 7.12 Å². The summed E-state index contributed by atoms with van der Waals surface area (Å²) < 4.78 is 19.5. The Kier molecular flexibility index (Phi) is 3.21. The molecule has 1 aromatic heterocycles.